The predicted molar refractivity (Wildman–Crippen MR) is 41.6 cm³/mol. The van der Waals surface area contributed by atoms with Gasteiger partial charge in [0.2, 0.25) is 0 Å². The smallest absolute Gasteiger partial charge is 0.127 e. The van der Waals surface area contributed by atoms with Crippen LogP contribution in [0.25, 0.3) is 0 Å². The Morgan fingerprint density at radius 2 is 2.30 bits per heavy atom. The van der Waals surface area contributed by atoms with Gasteiger partial charge in [-0.05, 0) is 12.1 Å². The minimum absolute atomic E-state index is 0.670. The third-order valence-corrected chi connectivity index (χ3v) is 1.30. The van der Waals surface area contributed by atoms with Crippen LogP contribution in [0.1, 0.15) is 11.1 Å². The van der Waals surface area contributed by atoms with Crippen LogP contribution in [0, 0.1) is 6.92 Å². The number of methoxy groups -OCH3 is 1. The normalized spacial score (nSPS) is 9.70. The van der Waals surface area contributed by atoms with Gasteiger partial charge in [0.25, 0.3) is 0 Å². The maximum Gasteiger partial charge on any atom is 0.127 e. The predicted octanol–water partition coefficient (Wildman–Crippen LogP) is 2.02. The molecule has 0 saturated carbocycles. The summed E-state index contributed by atoms with van der Waals surface area (Å²) >= 11 is 0. The van der Waals surface area contributed by atoms with Gasteiger partial charge >= 0.3 is 0 Å². The van der Waals surface area contributed by atoms with Crippen LogP contribution in [0.5, 0.6) is 0 Å². The van der Waals surface area contributed by atoms with Gasteiger partial charge in [-0.2, -0.15) is 0 Å². The van der Waals surface area contributed by atoms with Crippen molar-refractivity contribution in [3.63, 3.8) is 0 Å². The third-order valence-electron chi connectivity index (χ3n) is 1.30. The highest BCUT2D eigenvalue weighted by atomic mass is 16.5. The second-order valence-corrected chi connectivity index (χ2v) is 2.25. The van der Waals surface area contributed by atoms with Gasteiger partial charge in [0.1, 0.15) is 5.56 Å². The molecule has 0 aliphatic carbocycles. The SMILES string of the molecule is [CH2+]c1cccc(COC)c1. The Morgan fingerprint density at radius 1 is 1.50 bits per heavy atom. The minimum Gasteiger partial charge on any atom is -0.379 e. The van der Waals surface area contributed by atoms with Crippen LogP contribution < -0.4 is 0 Å². The molecule has 0 bridgehead atoms. The molecule has 1 nitrogen and oxygen atoms in total. The highest BCUT2D eigenvalue weighted by molar-refractivity contribution is 5.24. The first kappa shape index (κ1) is 7.16. The van der Waals surface area contributed by atoms with E-state index in [1.165, 1.54) is 5.56 Å². The van der Waals surface area contributed by atoms with Crippen molar-refractivity contribution in [3.8, 4) is 0 Å². The summed E-state index contributed by atoms with van der Waals surface area (Å²) in [6.45, 7) is 4.48. The number of hydrogen-bond donors (Lipinski definition) is 0. The number of ether oxygens (including phenoxy) is 1. The molecule has 0 atom stereocenters. The molecule has 1 heteroatoms. The number of rotatable bonds is 2. The van der Waals surface area contributed by atoms with Crippen molar-refractivity contribution in [1.82, 2.24) is 0 Å². The average Bonchev–Trinajstić information content (AvgIpc) is 1.88. The molecular formula is C9H11O+. The van der Waals surface area contributed by atoms with Crippen LogP contribution in [0.4, 0.5) is 0 Å². The second kappa shape index (κ2) is 3.28. The molecular weight excluding hydrogens is 124 g/mol. The summed E-state index contributed by atoms with van der Waals surface area (Å²) in [7, 11) is 1.69. The summed E-state index contributed by atoms with van der Waals surface area (Å²) in [6.07, 6.45) is 0. The highest BCUT2D eigenvalue weighted by Crippen LogP contribution is 2.03. The van der Waals surface area contributed by atoms with E-state index in [4.69, 9.17) is 4.74 Å². The van der Waals surface area contributed by atoms with E-state index >= 15 is 0 Å². The van der Waals surface area contributed by atoms with Crippen molar-refractivity contribution in [2.45, 2.75) is 6.61 Å². The molecule has 0 aliphatic heterocycles. The molecule has 1 rings (SSSR count). The summed E-state index contributed by atoms with van der Waals surface area (Å²) < 4.78 is 4.96. The van der Waals surface area contributed by atoms with Crippen molar-refractivity contribution in [3.05, 3.63) is 42.3 Å². The summed E-state index contributed by atoms with van der Waals surface area (Å²) in [5.74, 6) is 0. The molecule has 0 amide bonds. The molecule has 0 N–H and O–H groups in total. The first-order valence-electron chi connectivity index (χ1n) is 3.23. The van der Waals surface area contributed by atoms with E-state index in [2.05, 4.69) is 6.92 Å². The Morgan fingerprint density at radius 3 is 2.90 bits per heavy atom. The van der Waals surface area contributed by atoms with Crippen LogP contribution in [0.2, 0.25) is 0 Å². The van der Waals surface area contributed by atoms with E-state index in [9.17, 15) is 0 Å². The molecule has 1 aromatic carbocycles. The Balaban J connectivity index is 2.75. The fourth-order valence-electron chi connectivity index (χ4n) is 0.886. The molecule has 0 heterocycles. The number of hydrogen-bond acceptors (Lipinski definition) is 1. The fourth-order valence-corrected chi connectivity index (χ4v) is 0.886. The van der Waals surface area contributed by atoms with E-state index < -0.39 is 0 Å². The van der Waals surface area contributed by atoms with Gasteiger partial charge in [-0.3, -0.25) is 0 Å². The first-order valence-corrected chi connectivity index (χ1v) is 3.23. The summed E-state index contributed by atoms with van der Waals surface area (Å²) in [6, 6.07) is 8.00. The first-order chi connectivity index (χ1) is 4.83. The Bertz CT molecular complexity index is 206. The van der Waals surface area contributed by atoms with E-state index in [1.807, 2.05) is 24.3 Å². The molecule has 0 radical (unpaired) electrons. The van der Waals surface area contributed by atoms with Crippen LogP contribution in [0.15, 0.2) is 24.3 Å². The maximum atomic E-state index is 4.96. The van der Waals surface area contributed by atoms with Gasteiger partial charge in [-0.15, -0.1) is 0 Å². The zero-order valence-corrected chi connectivity index (χ0v) is 6.13. The third kappa shape index (κ3) is 1.78. The topological polar surface area (TPSA) is 9.23 Å². The summed E-state index contributed by atoms with van der Waals surface area (Å²) in [4.78, 5) is 0. The quantitative estimate of drug-likeness (QED) is 0.564. The lowest BCUT2D eigenvalue weighted by molar-refractivity contribution is 0.185. The lowest BCUT2D eigenvalue weighted by atomic mass is 10.1. The molecule has 0 saturated heterocycles. The fraction of sp³-hybridized carbons (Fsp3) is 0.222. The summed E-state index contributed by atoms with van der Waals surface area (Å²) in [5, 5.41) is 0. The van der Waals surface area contributed by atoms with Gasteiger partial charge in [0.15, 0.2) is 0 Å². The van der Waals surface area contributed by atoms with E-state index in [0.717, 1.165) is 5.56 Å². The molecule has 1 aromatic rings. The molecule has 0 fully saturated rings. The number of benzene rings is 1. The van der Waals surface area contributed by atoms with Crippen molar-refractivity contribution < 1.29 is 4.74 Å². The van der Waals surface area contributed by atoms with Gasteiger partial charge in [-0.1, -0.05) is 0 Å². The van der Waals surface area contributed by atoms with Gasteiger partial charge in [0, 0.05) is 25.7 Å². The van der Waals surface area contributed by atoms with Crippen molar-refractivity contribution >= 4 is 0 Å². The lowest BCUT2D eigenvalue weighted by Gasteiger charge is -1.93. The molecule has 0 spiro atoms. The van der Waals surface area contributed by atoms with Crippen molar-refractivity contribution in [2.24, 2.45) is 0 Å². The van der Waals surface area contributed by atoms with Gasteiger partial charge in [0.05, 0.1) is 12.7 Å². The second-order valence-electron chi connectivity index (χ2n) is 2.25. The van der Waals surface area contributed by atoms with E-state index in [0.29, 0.717) is 6.61 Å². The maximum absolute atomic E-state index is 4.96. The zero-order chi connectivity index (χ0) is 7.40. The molecule has 10 heavy (non-hydrogen) atoms. The Hall–Kier alpha value is -0.950. The van der Waals surface area contributed by atoms with Gasteiger partial charge in [-0.25, -0.2) is 0 Å². The molecule has 0 aliphatic rings. The van der Waals surface area contributed by atoms with Crippen LogP contribution in [-0.4, -0.2) is 7.11 Å². The minimum atomic E-state index is 0.670. The van der Waals surface area contributed by atoms with Crippen molar-refractivity contribution in [2.75, 3.05) is 7.11 Å². The molecule has 52 valence electrons. The molecule has 0 aromatic heterocycles. The Kier molecular flexibility index (Phi) is 2.35. The molecule has 0 unspecified atom stereocenters. The summed E-state index contributed by atoms with van der Waals surface area (Å²) in [5.41, 5.74) is 2.21. The van der Waals surface area contributed by atoms with E-state index in [1.54, 1.807) is 7.11 Å². The average molecular weight is 135 g/mol. The van der Waals surface area contributed by atoms with Crippen molar-refractivity contribution in [1.29, 1.82) is 0 Å². The van der Waals surface area contributed by atoms with Gasteiger partial charge < -0.3 is 4.74 Å². The standard InChI is InChI=1S/C9H11O/c1-8-4-3-5-9(6-8)7-10-2/h3-6H,1,7H2,2H3/q+1. The zero-order valence-electron chi connectivity index (χ0n) is 6.13. The monoisotopic (exact) mass is 135 g/mol. The van der Waals surface area contributed by atoms with Crippen LogP contribution in [-0.2, 0) is 11.3 Å². The lowest BCUT2D eigenvalue weighted by Crippen LogP contribution is -1.86. The van der Waals surface area contributed by atoms with Crippen LogP contribution >= 0.6 is 0 Å². The largest absolute Gasteiger partial charge is 0.379 e. The Labute approximate surface area is 61.6 Å². The highest BCUT2D eigenvalue weighted by Gasteiger charge is 1.96. The van der Waals surface area contributed by atoms with E-state index in [-0.39, 0.29) is 0 Å². The van der Waals surface area contributed by atoms with Crippen LogP contribution in [0.3, 0.4) is 0 Å².